The molecule has 0 heterocycles. The molecule has 1 N–H and O–H groups in total. The highest BCUT2D eigenvalue weighted by molar-refractivity contribution is 5.19. The molecule has 0 fully saturated rings. The maximum Gasteiger partial charge on any atom is 0.123 e. The van der Waals surface area contributed by atoms with E-state index in [0.717, 1.165) is 12.1 Å². The van der Waals surface area contributed by atoms with Crippen LogP contribution < -0.4 is 5.32 Å². The van der Waals surface area contributed by atoms with Gasteiger partial charge in [0.1, 0.15) is 5.82 Å². The van der Waals surface area contributed by atoms with E-state index in [4.69, 9.17) is 0 Å². The Morgan fingerprint density at radius 2 is 1.83 bits per heavy atom. The maximum atomic E-state index is 13.1. The fourth-order valence-electron chi connectivity index (χ4n) is 2.12. The number of nitrogens with one attached hydrogen (secondary N) is 1. The first-order valence-corrected chi connectivity index (χ1v) is 7.23. The number of halogens is 1. The number of unbranched alkanes of at least 4 members (excludes halogenated alkanes) is 5. The van der Waals surface area contributed by atoms with Gasteiger partial charge in [0.05, 0.1) is 0 Å². The van der Waals surface area contributed by atoms with Gasteiger partial charge in [-0.05, 0) is 37.6 Å². The first-order chi connectivity index (χ1) is 8.74. The molecule has 2 heteroatoms. The summed E-state index contributed by atoms with van der Waals surface area (Å²) in [4.78, 5) is 0. The zero-order valence-electron chi connectivity index (χ0n) is 11.7. The molecule has 1 atom stereocenters. The van der Waals surface area contributed by atoms with Crippen molar-refractivity contribution in [1.29, 1.82) is 0 Å². The van der Waals surface area contributed by atoms with Gasteiger partial charge in [-0.1, -0.05) is 51.2 Å². The van der Waals surface area contributed by atoms with Crippen LogP contribution in [0.3, 0.4) is 0 Å². The fourth-order valence-corrected chi connectivity index (χ4v) is 2.12. The minimum absolute atomic E-state index is 0.152. The molecular weight excluding hydrogens is 225 g/mol. The molecule has 0 aliphatic heterocycles. The summed E-state index contributed by atoms with van der Waals surface area (Å²) in [5.74, 6) is -0.152. The molecular formula is C16H26FN. The molecule has 102 valence electrons. The molecule has 1 nitrogen and oxygen atoms in total. The van der Waals surface area contributed by atoms with Crippen molar-refractivity contribution in [1.82, 2.24) is 5.32 Å². The summed E-state index contributed by atoms with van der Waals surface area (Å²) in [6.45, 7) is 5.35. The quantitative estimate of drug-likeness (QED) is 0.619. The van der Waals surface area contributed by atoms with E-state index in [0.29, 0.717) is 0 Å². The Hall–Kier alpha value is -0.890. The molecule has 0 saturated heterocycles. The zero-order chi connectivity index (χ0) is 13.2. The van der Waals surface area contributed by atoms with Crippen LogP contribution in [0.1, 0.15) is 64.0 Å². The topological polar surface area (TPSA) is 12.0 Å². The average Bonchev–Trinajstić information content (AvgIpc) is 2.37. The smallest absolute Gasteiger partial charge is 0.123 e. The van der Waals surface area contributed by atoms with E-state index in [9.17, 15) is 4.39 Å². The molecule has 1 aromatic rings. The minimum atomic E-state index is -0.152. The van der Waals surface area contributed by atoms with Crippen LogP contribution in [0.4, 0.5) is 4.39 Å². The van der Waals surface area contributed by atoms with Gasteiger partial charge in [-0.3, -0.25) is 0 Å². The summed E-state index contributed by atoms with van der Waals surface area (Å²) >= 11 is 0. The first-order valence-electron chi connectivity index (χ1n) is 7.23. The number of hydrogen-bond acceptors (Lipinski definition) is 1. The SMILES string of the molecule is CCCCCCCCNC(C)c1cccc(F)c1. The highest BCUT2D eigenvalue weighted by Crippen LogP contribution is 2.13. The molecule has 0 bridgehead atoms. The van der Waals surface area contributed by atoms with Gasteiger partial charge in [-0.2, -0.15) is 0 Å². The first kappa shape index (κ1) is 15.2. The van der Waals surface area contributed by atoms with Crippen LogP contribution in [-0.2, 0) is 0 Å². The van der Waals surface area contributed by atoms with Gasteiger partial charge in [-0.25, -0.2) is 4.39 Å². The zero-order valence-corrected chi connectivity index (χ0v) is 11.7. The molecule has 0 spiro atoms. The Labute approximate surface area is 111 Å². The van der Waals surface area contributed by atoms with E-state index in [1.54, 1.807) is 12.1 Å². The van der Waals surface area contributed by atoms with Gasteiger partial charge < -0.3 is 5.32 Å². The molecule has 0 saturated carbocycles. The molecule has 18 heavy (non-hydrogen) atoms. The second kappa shape index (κ2) is 9.09. The molecule has 0 aliphatic rings. The van der Waals surface area contributed by atoms with Crippen molar-refractivity contribution in [2.45, 2.75) is 58.4 Å². The van der Waals surface area contributed by atoms with Crippen molar-refractivity contribution in [3.05, 3.63) is 35.6 Å². The Bertz CT molecular complexity index is 325. The normalized spacial score (nSPS) is 12.6. The second-order valence-corrected chi connectivity index (χ2v) is 5.00. The van der Waals surface area contributed by atoms with E-state index in [1.807, 2.05) is 6.07 Å². The lowest BCUT2D eigenvalue weighted by molar-refractivity contribution is 0.524. The second-order valence-electron chi connectivity index (χ2n) is 5.00. The van der Waals surface area contributed by atoms with Crippen LogP contribution in [0.2, 0.25) is 0 Å². The third-order valence-corrected chi connectivity index (χ3v) is 3.33. The van der Waals surface area contributed by atoms with Crippen molar-refractivity contribution in [3.8, 4) is 0 Å². The van der Waals surface area contributed by atoms with Crippen molar-refractivity contribution in [2.24, 2.45) is 0 Å². The lowest BCUT2D eigenvalue weighted by atomic mass is 10.1. The number of hydrogen-bond donors (Lipinski definition) is 1. The van der Waals surface area contributed by atoms with Crippen LogP contribution in [-0.4, -0.2) is 6.54 Å². The van der Waals surface area contributed by atoms with Crippen LogP contribution in [0, 0.1) is 5.82 Å². The molecule has 1 rings (SSSR count). The molecule has 0 amide bonds. The maximum absolute atomic E-state index is 13.1. The lowest BCUT2D eigenvalue weighted by Crippen LogP contribution is -2.19. The monoisotopic (exact) mass is 251 g/mol. The summed E-state index contributed by atoms with van der Waals surface area (Å²) < 4.78 is 13.1. The lowest BCUT2D eigenvalue weighted by Gasteiger charge is -2.14. The predicted octanol–water partition coefficient (Wildman–Crippen LogP) is 4.84. The van der Waals surface area contributed by atoms with E-state index in [-0.39, 0.29) is 11.9 Å². The molecule has 0 aromatic heterocycles. The highest BCUT2D eigenvalue weighted by Gasteiger charge is 2.04. The van der Waals surface area contributed by atoms with Gasteiger partial charge in [0, 0.05) is 6.04 Å². The van der Waals surface area contributed by atoms with E-state index in [2.05, 4.69) is 19.2 Å². The van der Waals surface area contributed by atoms with Gasteiger partial charge >= 0.3 is 0 Å². The Morgan fingerprint density at radius 3 is 2.56 bits per heavy atom. The molecule has 0 aliphatic carbocycles. The average molecular weight is 251 g/mol. The molecule has 1 aromatic carbocycles. The molecule has 0 radical (unpaired) electrons. The van der Waals surface area contributed by atoms with E-state index in [1.165, 1.54) is 44.6 Å². The van der Waals surface area contributed by atoms with Gasteiger partial charge in [0.25, 0.3) is 0 Å². The predicted molar refractivity (Wildman–Crippen MR) is 76.2 cm³/mol. The van der Waals surface area contributed by atoms with E-state index >= 15 is 0 Å². The van der Waals surface area contributed by atoms with Gasteiger partial charge in [-0.15, -0.1) is 0 Å². The van der Waals surface area contributed by atoms with Crippen LogP contribution in [0.5, 0.6) is 0 Å². The molecule has 1 unspecified atom stereocenters. The number of rotatable bonds is 9. The summed E-state index contributed by atoms with van der Waals surface area (Å²) in [6.07, 6.45) is 7.86. The highest BCUT2D eigenvalue weighted by atomic mass is 19.1. The van der Waals surface area contributed by atoms with Crippen LogP contribution in [0.15, 0.2) is 24.3 Å². The van der Waals surface area contributed by atoms with Crippen molar-refractivity contribution in [3.63, 3.8) is 0 Å². The fraction of sp³-hybridized carbons (Fsp3) is 0.625. The largest absolute Gasteiger partial charge is 0.310 e. The van der Waals surface area contributed by atoms with Crippen molar-refractivity contribution >= 4 is 0 Å². The van der Waals surface area contributed by atoms with Crippen LogP contribution >= 0.6 is 0 Å². The number of benzene rings is 1. The van der Waals surface area contributed by atoms with E-state index < -0.39 is 0 Å². The minimum Gasteiger partial charge on any atom is -0.310 e. The summed E-state index contributed by atoms with van der Waals surface area (Å²) in [5.41, 5.74) is 1.03. The Balaban J connectivity index is 2.12. The summed E-state index contributed by atoms with van der Waals surface area (Å²) in [6, 6.07) is 7.08. The Morgan fingerprint density at radius 1 is 1.11 bits per heavy atom. The van der Waals surface area contributed by atoms with Crippen molar-refractivity contribution < 1.29 is 4.39 Å². The van der Waals surface area contributed by atoms with Crippen LogP contribution in [0.25, 0.3) is 0 Å². The Kier molecular flexibility index (Phi) is 7.66. The summed E-state index contributed by atoms with van der Waals surface area (Å²) in [7, 11) is 0. The van der Waals surface area contributed by atoms with Gasteiger partial charge in [0.2, 0.25) is 0 Å². The third kappa shape index (κ3) is 6.15. The third-order valence-electron chi connectivity index (χ3n) is 3.33. The summed E-state index contributed by atoms with van der Waals surface area (Å²) in [5, 5.41) is 3.45. The van der Waals surface area contributed by atoms with Crippen molar-refractivity contribution in [2.75, 3.05) is 6.54 Å². The standard InChI is InChI=1S/C16H26FN/c1-3-4-5-6-7-8-12-18-14(2)15-10-9-11-16(17)13-15/h9-11,13-14,18H,3-8,12H2,1-2H3. The van der Waals surface area contributed by atoms with Gasteiger partial charge in [0.15, 0.2) is 0 Å².